The molecule has 12 nitrogen and oxygen atoms in total. The fraction of sp³-hybridized carbons (Fsp3) is 0.511. The van der Waals surface area contributed by atoms with Crippen molar-refractivity contribution in [3.63, 3.8) is 0 Å². The predicted molar refractivity (Wildman–Crippen MR) is 223 cm³/mol. The van der Waals surface area contributed by atoms with Crippen molar-refractivity contribution in [1.29, 1.82) is 0 Å². The lowest BCUT2D eigenvalue weighted by atomic mass is 9.92. The van der Waals surface area contributed by atoms with Gasteiger partial charge >= 0.3 is 0 Å². The Morgan fingerprint density at radius 1 is 1.02 bits per heavy atom. The van der Waals surface area contributed by atoms with Gasteiger partial charge in [0.25, 0.3) is 17.9 Å². The first-order valence-electron chi connectivity index (χ1n) is 20.9. The monoisotopic (exact) mass is 814 g/mol. The highest BCUT2D eigenvalue weighted by atomic mass is 19.3. The van der Waals surface area contributed by atoms with E-state index in [-0.39, 0.29) is 22.9 Å². The van der Waals surface area contributed by atoms with E-state index in [2.05, 4.69) is 15.2 Å². The fourth-order valence-electron chi connectivity index (χ4n) is 8.59. The first-order valence-corrected chi connectivity index (χ1v) is 20.9. The standard InChI is InChI=1S/C45H56F2N6O6/c1-28(2)42(45(56)51-17-14-32(54)27-51)40-24-41(49-59-40)58-18-11-9-7-6-8-10-15-52-26-31(25-48-52)34-20-30-13-12-16-53(37(30)23-35(34)43(46)47)39-22-33(57-5)21-38-36(39)19-29(3)44(55)50(38)4/h19-26,28,32,42-43,54H,6-18,27H2,1-5H3. The summed E-state index contributed by atoms with van der Waals surface area (Å²) in [6, 6.07) is 10.9. The number of likely N-dealkylation sites (tertiary alicyclic amines) is 1. The second kappa shape index (κ2) is 18.4. The summed E-state index contributed by atoms with van der Waals surface area (Å²) in [6.45, 7) is 8.47. The molecule has 0 radical (unpaired) electrons. The number of aromatic nitrogens is 4. The number of anilines is 2. The molecule has 0 aliphatic carbocycles. The molecule has 1 fully saturated rings. The Morgan fingerprint density at radius 3 is 2.53 bits per heavy atom. The number of hydrogen-bond acceptors (Lipinski definition) is 9. The van der Waals surface area contributed by atoms with Crippen LogP contribution in [0.2, 0.25) is 0 Å². The van der Waals surface area contributed by atoms with E-state index in [9.17, 15) is 23.5 Å². The van der Waals surface area contributed by atoms with Gasteiger partial charge in [-0.15, -0.1) is 0 Å². The van der Waals surface area contributed by atoms with E-state index in [1.165, 1.54) is 0 Å². The van der Waals surface area contributed by atoms with Crippen LogP contribution in [0.3, 0.4) is 0 Å². The van der Waals surface area contributed by atoms with Gasteiger partial charge in [-0.3, -0.25) is 14.3 Å². The maximum absolute atomic E-state index is 14.8. The molecule has 5 aromatic rings. The summed E-state index contributed by atoms with van der Waals surface area (Å²) in [5.41, 5.74) is 4.93. The van der Waals surface area contributed by atoms with Crippen molar-refractivity contribution >= 4 is 28.2 Å². The molecule has 1 N–H and O–H groups in total. The van der Waals surface area contributed by atoms with Crippen molar-refractivity contribution in [1.82, 2.24) is 24.4 Å². The van der Waals surface area contributed by atoms with Crippen LogP contribution in [-0.2, 0) is 24.8 Å². The number of pyridine rings is 1. The van der Waals surface area contributed by atoms with Gasteiger partial charge in [0, 0.05) is 85.4 Å². The van der Waals surface area contributed by atoms with Gasteiger partial charge < -0.3 is 33.5 Å². The Kier molecular flexibility index (Phi) is 13.0. The molecular formula is C45H56F2N6O6. The molecule has 5 heterocycles. The van der Waals surface area contributed by atoms with Crippen LogP contribution < -0.4 is 19.9 Å². The summed E-state index contributed by atoms with van der Waals surface area (Å²) in [7, 11) is 3.32. The zero-order valence-corrected chi connectivity index (χ0v) is 34.8. The SMILES string of the molecule is COc1cc(N2CCCc3cc(-c4cnn(CCCCCCCCOc5cc(C(C(=O)N6CCC(O)C6)C(C)C)on5)c4)c(C(F)F)cc32)c2cc(C)c(=O)n(C)c2c1. The van der Waals surface area contributed by atoms with E-state index < -0.39 is 18.4 Å². The highest BCUT2D eigenvalue weighted by Crippen LogP contribution is 2.44. The number of alkyl halides is 2. The average molecular weight is 815 g/mol. The first-order chi connectivity index (χ1) is 28.4. The lowest BCUT2D eigenvalue weighted by Crippen LogP contribution is -2.35. The number of hydrogen-bond donors (Lipinski definition) is 1. The molecule has 1 saturated heterocycles. The number of rotatable bonds is 17. The topological polar surface area (TPSA) is 128 Å². The molecule has 2 aliphatic rings. The average Bonchev–Trinajstić information content (AvgIpc) is 4.00. The van der Waals surface area contributed by atoms with Gasteiger partial charge in [0.2, 0.25) is 5.91 Å². The molecular weight excluding hydrogens is 759 g/mol. The minimum atomic E-state index is -2.68. The van der Waals surface area contributed by atoms with Crippen molar-refractivity contribution in [3.8, 4) is 22.8 Å². The van der Waals surface area contributed by atoms with Gasteiger partial charge in [0.05, 0.1) is 37.2 Å². The van der Waals surface area contributed by atoms with Gasteiger partial charge in [0.1, 0.15) is 11.7 Å². The highest BCUT2D eigenvalue weighted by Gasteiger charge is 2.35. The van der Waals surface area contributed by atoms with E-state index >= 15 is 0 Å². The number of benzene rings is 2. The van der Waals surface area contributed by atoms with Crippen molar-refractivity contribution in [2.75, 3.05) is 38.3 Å². The van der Waals surface area contributed by atoms with Crippen LogP contribution in [0, 0.1) is 12.8 Å². The third-order valence-corrected chi connectivity index (χ3v) is 11.8. The Morgan fingerprint density at radius 2 is 1.80 bits per heavy atom. The lowest BCUT2D eigenvalue weighted by molar-refractivity contribution is -0.133. The number of nitrogens with zero attached hydrogens (tertiary/aromatic N) is 6. The number of aryl methyl sites for hydroxylation is 4. The van der Waals surface area contributed by atoms with Crippen LogP contribution in [0.4, 0.5) is 20.2 Å². The number of halogens is 2. The van der Waals surface area contributed by atoms with Crippen molar-refractivity contribution < 1.29 is 32.7 Å². The molecule has 14 heteroatoms. The zero-order chi connectivity index (χ0) is 41.8. The molecule has 0 spiro atoms. The number of amides is 1. The Bertz CT molecular complexity index is 2320. The summed E-state index contributed by atoms with van der Waals surface area (Å²) in [5.74, 6) is 0.941. The van der Waals surface area contributed by atoms with Crippen LogP contribution in [0.25, 0.3) is 22.0 Å². The van der Waals surface area contributed by atoms with Gasteiger partial charge in [-0.05, 0) is 79.4 Å². The number of β-amino-alcohol motifs (C(OH)–C–C–N with tert-alkyl or cyclic N) is 1. The molecule has 2 atom stereocenters. The third kappa shape index (κ3) is 9.17. The number of aliphatic hydroxyl groups excluding tert-OH is 1. The molecule has 3 aromatic heterocycles. The van der Waals surface area contributed by atoms with Gasteiger partial charge in [-0.1, -0.05) is 39.5 Å². The molecule has 2 aromatic carbocycles. The summed E-state index contributed by atoms with van der Waals surface area (Å²) in [6.07, 6.45) is 8.50. The highest BCUT2D eigenvalue weighted by molar-refractivity contribution is 5.97. The van der Waals surface area contributed by atoms with Gasteiger partial charge in [-0.25, -0.2) is 8.78 Å². The van der Waals surface area contributed by atoms with Crippen molar-refractivity contribution in [2.45, 2.75) is 104 Å². The second-order valence-electron chi connectivity index (χ2n) is 16.4. The van der Waals surface area contributed by atoms with E-state index in [0.717, 1.165) is 79.2 Å². The van der Waals surface area contributed by atoms with Crippen molar-refractivity contribution in [3.05, 3.63) is 81.6 Å². The van der Waals surface area contributed by atoms with Crippen LogP contribution in [0.5, 0.6) is 11.6 Å². The molecule has 0 saturated carbocycles. The van der Waals surface area contributed by atoms with Crippen LogP contribution in [0.1, 0.15) is 100 Å². The van der Waals surface area contributed by atoms with Gasteiger partial charge in [0.15, 0.2) is 5.76 Å². The maximum atomic E-state index is 14.8. The molecule has 2 aliphatic heterocycles. The van der Waals surface area contributed by atoms with E-state index in [0.29, 0.717) is 73.3 Å². The summed E-state index contributed by atoms with van der Waals surface area (Å²) >= 11 is 0. The summed E-state index contributed by atoms with van der Waals surface area (Å²) in [5, 5.41) is 19.3. The zero-order valence-electron chi connectivity index (χ0n) is 34.8. The normalized spacial score (nSPS) is 16.1. The smallest absolute Gasteiger partial charge is 0.264 e. The minimum Gasteiger partial charge on any atom is -0.497 e. The third-order valence-electron chi connectivity index (χ3n) is 11.8. The predicted octanol–water partition coefficient (Wildman–Crippen LogP) is 8.48. The molecule has 59 heavy (non-hydrogen) atoms. The quantitative estimate of drug-likeness (QED) is 0.0920. The Hall–Kier alpha value is -5.24. The van der Waals surface area contributed by atoms with E-state index in [4.69, 9.17) is 14.0 Å². The molecule has 7 rings (SSSR count). The first kappa shape index (κ1) is 41.9. The van der Waals surface area contributed by atoms with Crippen LogP contribution in [0.15, 0.2) is 58.1 Å². The molecule has 2 unspecified atom stereocenters. The number of ether oxygens (including phenoxy) is 2. The van der Waals surface area contributed by atoms with Crippen LogP contribution in [-0.4, -0.2) is 74.9 Å². The van der Waals surface area contributed by atoms with Gasteiger partial charge in [-0.2, -0.15) is 5.10 Å². The number of fused-ring (bicyclic) bond motifs is 2. The maximum Gasteiger partial charge on any atom is 0.264 e. The number of carbonyl (C=O) groups is 1. The number of unbranched alkanes of at least 4 members (excludes halogenated alkanes) is 5. The number of carbonyl (C=O) groups excluding carboxylic acids is 1. The molecule has 1 amide bonds. The van der Waals surface area contributed by atoms with Crippen LogP contribution >= 0.6 is 0 Å². The second-order valence-corrected chi connectivity index (χ2v) is 16.4. The van der Waals surface area contributed by atoms with E-state index in [1.807, 2.05) is 49.0 Å². The molecule has 316 valence electrons. The number of aliphatic hydroxyl groups is 1. The fourth-order valence-corrected chi connectivity index (χ4v) is 8.59. The van der Waals surface area contributed by atoms with Crippen molar-refractivity contribution in [2.24, 2.45) is 13.0 Å². The van der Waals surface area contributed by atoms with E-state index in [1.54, 1.807) is 48.9 Å². The molecule has 0 bridgehead atoms. The summed E-state index contributed by atoms with van der Waals surface area (Å²) in [4.78, 5) is 29.7. The minimum absolute atomic E-state index is 0.00968. The Labute approximate surface area is 343 Å². The largest absolute Gasteiger partial charge is 0.497 e. The summed E-state index contributed by atoms with van der Waals surface area (Å²) < 4.78 is 50.1. The lowest BCUT2D eigenvalue weighted by Gasteiger charge is -2.34. The number of methoxy groups -OCH3 is 1. The Balaban J connectivity index is 0.911.